The largest absolute Gasteiger partial charge is 0.496 e. The quantitative estimate of drug-likeness (QED) is 0.504. The van der Waals surface area contributed by atoms with Crippen molar-refractivity contribution in [2.75, 3.05) is 33.6 Å². The van der Waals surface area contributed by atoms with Crippen molar-refractivity contribution in [3.63, 3.8) is 0 Å². The number of hydrogen-bond acceptors (Lipinski definition) is 5. The molecule has 7 nitrogen and oxygen atoms in total. The molecule has 1 fully saturated rings. The highest BCUT2D eigenvalue weighted by molar-refractivity contribution is 5.99. The van der Waals surface area contributed by atoms with Crippen LogP contribution < -0.4 is 14.8 Å². The smallest absolute Gasteiger partial charge is 0.228 e. The average Bonchev–Trinajstić information content (AvgIpc) is 3.60. The predicted octanol–water partition coefficient (Wildman–Crippen LogP) is 5.81. The van der Waals surface area contributed by atoms with Crippen LogP contribution in [0.5, 0.6) is 11.5 Å². The Balaban J connectivity index is 0.00000108. The molecule has 4 rings (SSSR count). The van der Waals surface area contributed by atoms with Gasteiger partial charge in [-0.05, 0) is 43.3 Å². The monoisotopic (exact) mass is 442 g/mol. The van der Waals surface area contributed by atoms with Gasteiger partial charge in [-0.15, -0.1) is 0 Å². The van der Waals surface area contributed by atoms with E-state index in [2.05, 4.69) is 21.9 Å². The van der Waals surface area contributed by atoms with Gasteiger partial charge < -0.3 is 24.7 Å². The Labute approximate surface area is 193 Å². The molecule has 0 atom stereocenters. The molecule has 1 aliphatic rings. The number of nitrogens with one attached hydrogen (secondary N) is 2. The first-order valence-corrected chi connectivity index (χ1v) is 10.8. The first-order chi connectivity index (χ1) is 15.5. The third kappa shape index (κ3) is 6.03. The van der Waals surface area contributed by atoms with E-state index in [1.54, 1.807) is 20.4 Å². The summed E-state index contributed by atoms with van der Waals surface area (Å²) in [6.07, 6.45) is 5.56. The lowest BCUT2D eigenvalue weighted by Gasteiger charge is -2.12. The summed E-state index contributed by atoms with van der Waals surface area (Å²) in [5.74, 6) is 2.21. The van der Waals surface area contributed by atoms with E-state index in [-0.39, 0.29) is 14.7 Å². The summed E-state index contributed by atoms with van der Waals surface area (Å²) in [5, 5.41) is 3.81. The zero-order chi connectivity index (χ0) is 23.7. The van der Waals surface area contributed by atoms with Crippen LogP contribution in [0.15, 0.2) is 49.3 Å². The molecule has 1 amide bonds. The molecule has 0 bridgehead atoms. The molecule has 176 valence electrons. The van der Waals surface area contributed by atoms with E-state index in [9.17, 15) is 4.79 Å². The number of benzene rings is 1. The second kappa shape index (κ2) is 11.8. The number of carbonyl (C=O) groups is 1. The fraction of sp³-hybridized carbons (Fsp3) is 0.360. The number of amides is 1. The van der Waals surface area contributed by atoms with Crippen LogP contribution in [-0.4, -0.2) is 49.1 Å². The molecular weight excluding hydrogens is 404 g/mol. The van der Waals surface area contributed by atoms with Crippen molar-refractivity contribution in [1.29, 1.82) is 0 Å². The maximum atomic E-state index is 11.9. The van der Waals surface area contributed by atoms with Gasteiger partial charge in [0.1, 0.15) is 23.0 Å². The van der Waals surface area contributed by atoms with Crippen molar-refractivity contribution in [2.24, 2.45) is 5.92 Å². The van der Waals surface area contributed by atoms with E-state index < -0.39 is 0 Å². The van der Waals surface area contributed by atoms with Crippen LogP contribution in [0.3, 0.4) is 0 Å². The van der Waals surface area contributed by atoms with Crippen molar-refractivity contribution in [2.45, 2.75) is 26.7 Å². The number of hydrogen-bond donors (Lipinski definition) is 2. The lowest BCUT2D eigenvalue weighted by Crippen LogP contribution is -2.14. The van der Waals surface area contributed by atoms with E-state index >= 15 is 0 Å². The number of H-pyrrole nitrogens is 1. The lowest BCUT2D eigenvalue weighted by atomic mass is 10.0. The van der Waals surface area contributed by atoms with Crippen LogP contribution >= 0.6 is 0 Å². The van der Waals surface area contributed by atoms with E-state index in [4.69, 9.17) is 9.47 Å². The fourth-order valence-corrected chi connectivity index (χ4v) is 2.97. The Kier molecular flexibility index (Phi) is 9.13. The zero-order valence-electron chi connectivity index (χ0n) is 19.9. The molecule has 1 aliphatic carbocycles. The molecule has 2 N–H and O–H groups in total. The zero-order valence-corrected chi connectivity index (χ0v) is 19.9. The van der Waals surface area contributed by atoms with Gasteiger partial charge in [-0.2, -0.15) is 0 Å². The number of pyridine rings is 1. The van der Waals surface area contributed by atoms with Gasteiger partial charge in [0, 0.05) is 40.0 Å². The van der Waals surface area contributed by atoms with Gasteiger partial charge in [-0.3, -0.25) is 4.79 Å². The molecule has 0 radical (unpaired) electrons. The number of anilines is 1. The second-order valence-corrected chi connectivity index (χ2v) is 7.24. The minimum Gasteiger partial charge on any atom is -0.496 e. The molecule has 7 heteroatoms. The summed E-state index contributed by atoms with van der Waals surface area (Å²) >= 11 is 0. The summed E-state index contributed by atoms with van der Waals surface area (Å²) in [4.78, 5) is 21.5. The summed E-state index contributed by atoms with van der Waals surface area (Å²) in [5.41, 5.74) is 2.52. The van der Waals surface area contributed by atoms with Gasteiger partial charge in [0.15, 0.2) is 0 Å². The average molecular weight is 443 g/mol. The normalized spacial score (nSPS) is 11.9. The molecular formula is C25H38N4O3. The third-order valence-corrected chi connectivity index (χ3v) is 4.80. The van der Waals surface area contributed by atoms with E-state index in [1.165, 1.54) is 0 Å². The van der Waals surface area contributed by atoms with Crippen molar-refractivity contribution < 1.29 is 17.1 Å². The molecule has 0 aliphatic heterocycles. The number of methoxy groups -OCH3 is 2. The summed E-state index contributed by atoms with van der Waals surface area (Å²) in [6, 6.07) is 9.45. The van der Waals surface area contributed by atoms with Crippen molar-refractivity contribution in [3.8, 4) is 22.6 Å². The molecule has 2 aromatic heterocycles. The Morgan fingerprint density at radius 1 is 1.19 bits per heavy atom. The third-order valence-electron chi connectivity index (χ3n) is 4.80. The first-order valence-electron chi connectivity index (χ1n) is 10.8. The van der Waals surface area contributed by atoms with Crippen molar-refractivity contribution in [1.82, 2.24) is 14.9 Å². The van der Waals surface area contributed by atoms with Gasteiger partial charge in [0.2, 0.25) is 5.91 Å². The van der Waals surface area contributed by atoms with Crippen LogP contribution in [0, 0.1) is 5.92 Å². The maximum Gasteiger partial charge on any atom is 0.228 e. The molecule has 32 heavy (non-hydrogen) atoms. The van der Waals surface area contributed by atoms with Gasteiger partial charge in [-0.1, -0.05) is 26.5 Å². The standard InChI is InChI=1S/C19H19N3O3.C4H9N.C2H6.2H2/c1-24-14-4-3-5-15(25-2)17(14)13-10-20-18-12(13)8-9-16(21-18)22-19(23)11-6-7-11;1-4-5(2)3;1-2;;/h3-5,8-11H,6-7H2,1-2H3,(H2,20,21,22,23);4H,1H2,2-3H3;1-2H3;2*1H. The van der Waals surface area contributed by atoms with Crippen LogP contribution in [0.1, 0.15) is 29.5 Å². The Bertz CT molecular complexity index is 1030. The van der Waals surface area contributed by atoms with Crippen molar-refractivity contribution >= 4 is 22.8 Å². The number of aromatic amines is 1. The number of fused-ring (bicyclic) bond motifs is 1. The van der Waals surface area contributed by atoms with Gasteiger partial charge in [0.05, 0.1) is 19.8 Å². The lowest BCUT2D eigenvalue weighted by molar-refractivity contribution is -0.117. The summed E-state index contributed by atoms with van der Waals surface area (Å²) < 4.78 is 11.0. The predicted molar refractivity (Wildman–Crippen MR) is 135 cm³/mol. The van der Waals surface area contributed by atoms with Crippen LogP contribution in [0.25, 0.3) is 22.2 Å². The molecule has 0 unspecified atom stereocenters. The van der Waals surface area contributed by atoms with Crippen LogP contribution in [0.2, 0.25) is 0 Å². The Morgan fingerprint density at radius 2 is 1.78 bits per heavy atom. The second-order valence-electron chi connectivity index (χ2n) is 7.24. The fourth-order valence-electron chi connectivity index (χ4n) is 2.97. The van der Waals surface area contributed by atoms with Crippen LogP contribution in [-0.2, 0) is 4.79 Å². The minimum absolute atomic E-state index is 0. The topological polar surface area (TPSA) is 79.5 Å². The summed E-state index contributed by atoms with van der Waals surface area (Å²) in [6.45, 7) is 7.49. The highest BCUT2D eigenvalue weighted by atomic mass is 16.5. The van der Waals surface area contributed by atoms with Crippen molar-refractivity contribution in [3.05, 3.63) is 49.3 Å². The van der Waals surface area contributed by atoms with Gasteiger partial charge in [0.25, 0.3) is 0 Å². The molecule has 1 aromatic carbocycles. The SMILES string of the molecule is C=CN(C)C.CC.COc1cccc(OC)c1-c1c[nH]c2nc(NC(=O)C3CC3)ccc12.[HH].[HH]. The van der Waals surface area contributed by atoms with Crippen LogP contribution in [0.4, 0.5) is 5.82 Å². The molecule has 3 aromatic rings. The molecule has 2 heterocycles. The molecule has 0 saturated heterocycles. The van der Waals surface area contributed by atoms with E-state index in [0.29, 0.717) is 11.5 Å². The highest BCUT2D eigenvalue weighted by Crippen LogP contribution is 2.41. The number of nitrogens with zero attached hydrogens (tertiary/aromatic N) is 2. The minimum atomic E-state index is 0. The highest BCUT2D eigenvalue weighted by Gasteiger charge is 2.29. The first kappa shape index (κ1) is 24.8. The Hall–Kier alpha value is -3.48. The molecule has 0 spiro atoms. The number of carbonyl (C=O) groups excluding carboxylic acids is 1. The van der Waals surface area contributed by atoms with Gasteiger partial charge >= 0.3 is 0 Å². The summed E-state index contributed by atoms with van der Waals surface area (Å²) in [7, 11) is 7.15. The Morgan fingerprint density at radius 3 is 2.28 bits per heavy atom. The maximum absolute atomic E-state index is 11.9. The van der Waals surface area contributed by atoms with Gasteiger partial charge in [-0.25, -0.2) is 4.98 Å². The molecule has 1 saturated carbocycles. The number of ether oxygens (including phenoxy) is 2. The van der Waals surface area contributed by atoms with E-state index in [1.807, 2.05) is 69.4 Å². The number of rotatable bonds is 6. The number of aromatic nitrogens is 2. The van der Waals surface area contributed by atoms with E-state index in [0.717, 1.165) is 40.9 Å².